The Balaban J connectivity index is 1.62. The van der Waals surface area contributed by atoms with E-state index >= 15 is 0 Å². The minimum Gasteiger partial charge on any atom is -0.367 e. The van der Waals surface area contributed by atoms with Crippen LogP contribution in [0.2, 0.25) is 0 Å². The van der Waals surface area contributed by atoms with Crippen LogP contribution in [0.4, 0.5) is 5.95 Å². The second-order valence-electron chi connectivity index (χ2n) is 6.04. The van der Waals surface area contributed by atoms with E-state index in [-0.39, 0.29) is 0 Å². The average molecular weight is 301 g/mol. The van der Waals surface area contributed by atoms with Crippen LogP contribution in [0.1, 0.15) is 38.4 Å². The molecule has 0 aliphatic carbocycles. The molecule has 0 amide bonds. The van der Waals surface area contributed by atoms with Gasteiger partial charge in [-0.15, -0.1) is 0 Å². The number of hydrogen-bond acceptors (Lipinski definition) is 7. The quantitative estimate of drug-likeness (QED) is 0.859. The first-order valence-electron chi connectivity index (χ1n) is 7.81. The smallest absolute Gasteiger partial charge is 0.276 e. The lowest BCUT2D eigenvalue weighted by Gasteiger charge is -2.17. The van der Waals surface area contributed by atoms with E-state index in [2.05, 4.69) is 25.0 Å². The highest BCUT2D eigenvalue weighted by molar-refractivity contribution is 5.49. The van der Waals surface area contributed by atoms with E-state index in [1.165, 1.54) is 12.8 Å². The Hall–Kier alpha value is -2.02. The minimum absolute atomic E-state index is 0.426. The molecule has 7 nitrogen and oxygen atoms in total. The third-order valence-corrected chi connectivity index (χ3v) is 4.37. The average Bonchev–Trinajstić information content (AvgIpc) is 3.29. The molecule has 2 aromatic rings. The molecule has 0 radical (unpaired) electrons. The minimum atomic E-state index is -0.438. The summed E-state index contributed by atoms with van der Waals surface area (Å²) in [6.45, 7) is 4.76. The van der Waals surface area contributed by atoms with Gasteiger partial charge in [0, 0.05) is 25.9 Å². The molecule has 116 valence electrons. The number of ether oxygens (including phenoxy) is 1. The number of nitrogens with zero attached hydrogens (tertiary/aromatic N) is 5. The van der Waals surface area contributed by atoms with E-state index in [1.54, 1.807) is 12.3 Å². The molecule has 1 atom stereocenters. The predicted molar refractivity (Wildman–Crippen MR) is 79.3 cm³/mol. The van der Waals surface area contributed by atoms with Gasteiger partial charge < -0.3 is 14.2 Å². The predicted octanol–water partition coefficient (Wildman–Crippen LogP) is 2.15. The summed E-state index contributed by atoms with van der Waals surface area (Å²) in [7, 11) is 0. The molecule has 2 aromatic heterocycles. The first kappa shape index (κ1) is 13.6. The van der Waals surface area contributed by atoms with Crippen LogP contribution in [-0.2, 0) is 10.3 Å². The second kappa shape index (κ2) is 5.31. The van der Waals surface area contributed by atoms with Crippen LogP contribution in [0, 0.1) is 0 Å². The van der Waals surface area contributed by atoms with Gasteiger partial charge in [0.2, 0.25) is 11.8 Å². The van der Waals surface area contributed by atoms with E-state index in [9.17, 15) is 0 Å². The van der Waals surface area contributed by atoms with Crippen molar-refractivity contribution < 1.29 is 9.26 Å². The third-order valence-electron chi connectivity index (χ3n) is 4.37. The number of anilines is 1. The zero-order chi connectivity index (χ0) is 15.0. The van der Waals surface area contributed by atoms with Gasteiger partial charge in [0.25, 0.3) is 5.89 Å². The molecule has 2 saturated heterocycles. The maximum Gasteiger partial charge on any atom is 0.276 e. The first-order valence-corrected chi connectivity index (χ1v) is 7.81. The van der Waals surface area contributed by atoms with Crippen molar-refractivity contribution in [3.8, 4) is 11.6 Å². The molecule has 0 bridgehead atoms. The maximum absolute atomic E-state index is 5.75. The van der Waals surface area contributed by atoms with Crippen LogP contribution in [0.5, 0.6) is 0 Å². The van der Waals surface area contributed by atoms with E-state index in [4.69, 9.17) is 9.26 Å². The van der Waals surface area contributed by atoms with Crippen LogP contribution >= 0.6 is 0 Å². The summed E-state index contributed by atoms with van der Waals surface area (Å²) >= 11 is 0. The van der Waals surface area contributed by atoms with Gasteiger partial charge in [-0.1, -0.05) is 5.16 Å². The van der Waals surface area contributed by atoms with Gasteiger partial charge in [-0.25, -0.2) is 9.97 Å². The summed E-state index contributed by atoms with van der Waals surface area (Å²) in [6, 6.07) is 1.80. The molecule has 4 heterocycles. The van der Waals surface area contributed by atoms with E-state index in [0.29, 0.717) is 17.4 Å². The van der Waals surface area contributed by atoms with Crippen molar-refractivity contribution in [1.29, 1.82) is 0 Å². The van der Waals surface area contributed by atoms with Gasteiger partial charge in [0.05, 0.1) is 0 Å². The Labute approximate surface area is 128 Å². The second-order valence-corrected chi connectivity index (χ2v) is 6.04. The van der Waals surface area contributed by atoms with Crippen LogP contribution in [-0.4, -0.2) is 39.8 Å². The summed E-state index contributed by atoms with van der Waals surface area (Å²) in [6.07, 6.45) is 6.05. The molecule has 7 heteroatoms. The highest BCUT2D eigenvalue weighted by Crippen LogP contribution is 2.34. The number of hydrogen-bond donors (Lipinski definition) is 0. The van der Waals surface area contributed by atoms with E-state index in [1.807, 2.05) is 6.92 Å². The van der Waals surface area contributed by atoms with Crippen molar-refractivity contribution in [1.82, 2.24) is 20.1 Å². The summed E-state index contributed by atoms with van der Waals surface area (Å²) in [4.78, 5) is 15.6. The molecule has 0 aromatic carbocycles. The van der Waals surface area contributed by atoms with Crippen LogP contribution < -0.4 is 4.90 Å². The third kappa shape index (κ3) is 2.35. The lowest BCUT2D eigenvalue weighted by atomic mass is 10.0. The van der Waals surface area contributed by atoms with Gasteiger partial charge >= 0.3 is 0 Å². The highest BCUT2D eigenvalue weighted by Gasteiger charge is 2.36. The topological polar surface area (TPSA) is 77.2 Å². The molecule has 0 spiro atoms. The maximum atomic E-state index is 5.75. The van der Waals surface area contributed by atoms with Crippen molar-refractivity contribution in [2.75, 3.05) is 24.6 Å². The lowest BCUT2D eigenvalue weighted by Crippen LogP contribution is -2.21. The first-order chi connectivity index (χ1) is 10.7. The molecule has 2 fully saturated rings. The normalized spacial score (nSPS) is 25.0. The van der Waals surface area contributed by atoms with Gasteiger partial charge in [0.1, 0.15) is 11.3 Å². The summed E-state index contributed by atoms with van der Waals surface area (Å²) in [5, 5.41) is 4.09. The summed E-state index contributed by atoms with van der Waals surface area (Å²) in [5.41, 5.74) is 0.226. The van der Waals surface area contributed by atoms with Crippen molar-refractivity contribution in [3.05, 3.63) is 18.1 Å². The fraction of sp³-hybridized carbons (Fsp3) is 0.600. The van der Waals surface area contributed by atoms with Gasteiger partial charge in [-0.2, -0.15) is 4.98 Å². The lowest BCUT2D eigenvalue weighted by molar-refractivity contribution is 0.00768. The van der Waals surface area contributed by atoms with Crippen molar-refractivity contribution in [3.63, 3.8) is 0 Å². The zero-order valence-electron chi connectivity index (χ0n) is 12.7. The highest BCUT2D eigenvalue weighted by atomic mass is 16.5. The van der Waals surface area contributed by atoms with Crippen LogP contribution in [0.3, 0.4) is 0 Å². The monoisotopic (exact) mass is 301 g/mol. The molecule has 22 heavy (non-hydrogen) atoms. The molecule has 1 unspecified atom stereocenters. The summed E-state index contributed by atoms with van der Waals surface area (Å²) < 4.78 is 11.2. The fourth-order valence-electron chi connectivity index (χ4n) is 3.03. The Bertz CT molecular complexity index is 659. The molecule has 0 N–H and O–H groups in total. The Morgan fingerprint density at radius 1 is 1.18 bits per heavy atom. The van der Waals surface area contributed by atoms with Crippen LogP contribution in [0.15, 0.2) is 16.8 Å². The summed E-state index contributed by atoms with van der Waals surface area (Å²) in [5.74, 6) is 1.76. The number of aromatic nitrogens is 4. The van der Waals surface area contributed by atoms with Gasteiger partial charge in [-0.05, 0) is 38.7 Å². The number of rotatable bonds is 3. The largest absolute Gasteiger partial charge is 0.367 e. The molecule has 2 aliphatic heterocycles. The fourth-order valence-corrected chi connectivity index (χ4v) is 3.03. The van der Waals surface area contributed by atoms with Gasteiger partial charge in [0.15, 0.2) is 0 Å². The molecular formula is C15H19N5O2. The van der Waals surface area contributed by atoms with E-state index in [0.717, 1.165) is 38.5 Å². The Morgan fingerprint density at radius 2 is 2.05 bits per heavy atom. The molecule has 2 aliphatic rings. The molecular weight excluding hydrogens is 282 g/mol. The molecule has 0 saturated carbocycles. The van der Waals surface area contributed by atoms with Crippen molar-refractivity contribution in [2.24, 2.45) is 0 Å². The van der Waals surface area contributed by atoms with Gasteiger partial charge in [-0.3, -0.25) is 0 Å². The SMILES string of the molecule is CC1(c2noc(-c3ccnc(N4CCCC4)n3)n2)CCCO1. The zero-order valence-corrected chi connectivity index (χ0v) is 12.7. The Kier molecular flexibility index (Phi) is 3.29. The van der Waals surface area contributed by atoms with Crippen molar-refractivity contribution >= 4 is 5.95 Å². The standard InChI is InChI=1S/C15H19N5O2/c1-15(6-4-10-21-15)13-18-12(22-19-13)11-5-7-16-14(17-11)20-8-2-3-9-20/h5,7H,2-4,6,8-10H2,1H3. The molecule has 4 rings (SSSR count). The Morgan fingerprint density at radius 3 is 2.82 bits per heavy atom. The van der Waals surface area contributed by atoms with Crippen molar-refractivity contribution in [2.45, 2.75) is 38.2 Å². The van der Waals surface area contributed by atoms with E-state index < -0.39 is 5.60 Å². The van der Waals surface area contributed by atoms with Crippen LogP contribution in [0.25, 0.3) is 11.6 Å².